The number of hydrogen-bond acceptors (Lipinski definition) is 7. The van der Waals surface area contributed by atoms with Gasteiger partial charge < -0.3 is 4.98 Å². The predicted molar refractivity (Wildman–Crippen MR) is 103 cm³/mol. The van der Waals surface area contributed by atoms with Crippen LogP contribution in [0.5, 0.6) is 0 Å². The van der Waals surface area contributed by atoms with Crippen molar-refractivity contribution >= 4 is 40.0 Å². The van der Waals surface area contributed by atoms with Crippen LogP contribution in [0.2, 0.25) is 5.02 Å². The van der Waals surface area contributed by atoms with Crippen molar-refractivity contribution < 1.29 is 4.79 Å². The molecule has 2 heterocycles. The summed E-state index contributed by atoms with van der Waals surface area (Å²) in [5.41, 5.74) is 1.67. The van der Waals surface area contributed by atoms with Gasteiger partial charge in [-0.1, -0.05) is 29.4 Å². The van der Waals surface area contributed by atoms with Gasteiger partial charge in [0.15, 0.2) is 11.1 Å². The molecule has 0 saturated heterocycles. The van der Waals surface area contributed by atoms with Gasteiger partial charge in [-0.3, -0.25) is 9.59 Å². The molecular formula is C18H14ClN5O2S. The third-order valence-corrected chi connectivity index (χ3v) is 4.80. The molecule has 0 spiro atoms. The molecule has 0 aliphatic heterocycles. The second kappa shape index (κ2) is 7.47. The van der Waals surface area contributed by atoms with E-state index >= 15 is 0 Å². The number of halogens is 1. The standard InChI is InChI=1S/C18H14ClN5O2S/c1-8-4-9(2)13-10(5-8)17(26)24-16(22-13)11(6-20)15(25)14-12(19)7-21-18(23-14)27-3/h4-5,7,11H,1-3H3,(H,22,24,26)/t11-/m0/s1. The minimum atomic E-state index is -1.34. The zero-order valence-corrected chi connectivity index (χ0v) is 16.3. The molecule has 1 N–H and O–H groups in total. The first kappa shape index (κ1) is 19.0. The van der Waals surface area contributed by atoms with Gasteiger partial charge in [0.05, 0.1) is 28.2 Å². The highest BCUT2D eigenvalue weighted by Crippen LogP contribution is 2.24. The summed E-state index contributed by atoms with van der Waals surface area (Å²) in [6, 6.07) is 5.49. The Kier molecular flexibility index (Phi) is 5.26. The van der Waals surface area contributed by atoms with Crippen LogP contribution in [0.1, 0.15) is 33.4 Å². The van der Waals surface area contributed by atoms with Gasteiger partial charge in [-0.25, -0.2) is 15.0 Å². The number of Topliss-reactive ketones (excluding diaryl/α,β-unsaturated/α-hetero) is 1. The second-order valence-corrected chi connectivity index (χ2v) is 7.09. The Hall–Kier alpha value is -2.76. The Balaban J connectivity index is 2.15. The second-order valence-electron chi connectivity index (χ2n) is 5.91. The third-order valence-electron chi connectivity index (χ3n) is 3.97. The van der Waals surface area contributed by atoms with Gasteiger partial charge in [0.25, 0.3) is 5.56 Å². The summed E-state index contributed by atoms with van der Waals surface area (Å²) in [4.78, 5) is 40.4. The van der Waals surface area contributed by atoms with Crippen molar-refractivity contribution in [1.29, 1.82) is 5.26 Å². The highest BCUT2D eigenvalue weighted by molar-refractivity contribution is 7.98. The number of aromatic nitrogens is 4. The maximum Gasteiger partial charge on any atom is 0.258 e. The Morgan fingerprint density at radius 2 is 2.07 bits per heavy atom. The van der Waals surface area contributed by atoms with E-state index in [0.717, 1.165) is 11.1 Å². The van der Waals surface area contributed by atoms with Crippen LogP contribution >= 0.6 is 23.4 Å². The average Bonchev–Trinajstić information content (AvgIpc) is 2.63. The molecular weight excluding hydrogens is 386 g/mol. The number of carbonyl (C=O) groups is 1. The van der Waals surface area contributed by atoms with Gasteiger partial charge in [-0.2, -0.15) is 5.26 Å². The Morgan fingerprint density at radius 3 is 2.74 bits per heavy atom. The van der Waals surface area contributed by atoms with Crippen LogP contribution in [0.15, 0.2) is 28.3 Å². The number of hydrogen-bond donors (Lipinski definition) is 1. The summed E-state index contributed by atoms with van der Waals surface area (Å²) in [5.74, 6) is -2.02. The van der Waals surface area contributed by atoms with Gasteiger partial charge >= 0.3 is 0 Å². The first-order valence-electron chi connectivity index (χ1n) is 7.87. The third kappa shape index (κ3) is 3.56. The average molecular weight is 400 g/mol. The van der Waals surface area contributed by atoms with E-state index in [4.69, 9.17) is 11.6 Å². The molecule has 0 radical (unpaired) electrons. The number of fused-ring (bicyclic) bond motifs is 1. The van der Waals surface area contributed by atoms with Crippen molar-refractivity contribution in [2.24, 2.45) is 0 Å². The van der Waals surface area contributed by atoms with E-state index in [1.165, 1.54) is 18.0 Å². The van der Waals surface area contributed by atoms with Crippen LogP contribution in [-0.4, -0.2) is 32.0 Å². The van der Waals surface area contributed by atoms with E-state index in [-0.39, 0.29) is 16.5 Å². The van der Waals surface area contributed by atoms with Crippen molar-refractivity contribution in [1.82, 2.24) is 19.9 Å². The lowest BCUT2D eigenvalue weighted by molar-refractivity contribution is 0.0970. The van der Waals surface area contributed by atoms with E-state index in [2.05, 4.69) is 19.9 Å². The molecule has 0 fully saturated rings. The van der Waals surface area contributed by atoms with Crippen molar-refractivity contribution in [3.8, 4) is 6.07 Å². The zero-order chi connectivity index (χ0) is 19.7. The van der Waals surface area contributed by atoms with Crippen LogP contribution in [-0.2, 0) is 0 Å². The number of thioether (sulfide) groups is 1. The van der Waals surface area contributed by atoms with E-state index in [9.17, 15) is 14.9 Å². The molecule has 3 aromatic rings. The molecule has 0 aliphatic rings. The Morgan fingerprint density at radius 1 is 1.33 bits per heavy atom. The van der Waals surface area contributed by atoms with Crippen LogP contribution in [0, 0.1) is 25.2 Å². The summed E-state index contributed by atoms with van der Waals surface area (Å²) in [6.45, 7) is 3.70. The molecule has 9 heteroatoms. The molecule has 0 amide bonds. The lowest BCUT2D eigenvalue weighted by Crippen LogP contribution is -2.21. The summed E-state index contributed by atoms with van der Waals surface area (Å²) >= 11 is 7.29. The summed E-state index contributed by atoms with van der Waals surface area (Å²) < 4.78 is 0. The number of nitriles is 1. The van der Waals surface area contributed by atoms with Gasteiger partial charge in [-0.15, -0.1) is 0 Å². The molecule has 27 heavy (non-hydrogen) atoms. The summed E-state index contributed by atoms with van der Waals surface area (Å²) in [5, 5.41) is 10.4. The van der Waals surface area contributed by atoms with Crippen molar-refractivity contribution in [2.75, 3.05) is 6.26 Å². The summed E-state index contributed by atoms with van der Waals surface area (Å²) in [6.07, 6.45) is 3.07. The fourth-order valence-electron chi connectivity index (χ4n) is 2.75. The van der Waals surface area contributed by atoms with Gasteiger partial charge in [-0.05, 0) is 37.3 Å². The minimum absolute atomic E-state index is 0.0349. The normalized spacial score (nSPS) is 12.0. The number of ketones is 1. The van der Waals surface area contributed by atoms with E-state index in [1.54, 1.807) is 12.3 Å². The minimum Gasteiger partial charge on any atom is -0.308 e. The largest absolute Gasteiger partial charge is 0.308 e. The molecule has 1 atom stereocenters. The quantitative estimate of drug-likeness (QED) is 0.407. The smallest absolute Gasteiger partial charge is 0.258 e. The topological polar surface area (TPSA) is 112 Å². The summed E-state index contributed by atoms with van der Waals surface area (Å²) in [7, 11) is 0. The number of aryl methyl sites for hydroxylation is 2. The Bertz CT molecular complexity index is 1170. The number of benzene rings is 1. The molecule has 0 saturated carbocycles. The van der Waals surface area contributed by atoms with Crippen LogP contribution < -0.4 is 5.56 Å². The lowest BCUT2D eigenvalue weighted by atomic mass is 10.0. The fraction of sp³-hybridized carbons (Fsp3) is 0.222. The Labute approximate surface area is 163 Å². The van der Waals surface area contributed by atoms with E-state index < -0.39 is 17.3 Å². The molecule has 7 nitrogen and oxygen atoms in total. The maximum atomic E-state index is 12.9. The van der Waals surface area contributed by atoms with Gasteiger partial charge in [0, 0.05) is 0 Å². The van der Waals surface area contributed by atoms with E-state index in [1.807, 2.05) is 26.0 Å². The maximum absolute atomic E-state index is 12.9. The van der Waals surface area contributed by atoms with Gasteiger partial charge in [0.1, 0.15) is 11.5 Å². The number of nitrogens with zero attached hydrogens (tertiary/aromatic N) is 4. The number of H-pyrrole nitrogens is 1. The molecule has 0 aliphatic carbocycles. The molecule has 136 valence electrons. The van der Waals surface area contributed by atoms with Gasteiger partial charge in [0.2, 0.25) is 5.78 Å². The van der Waals surface area contributed by atoms with Crippen molar-refractivity contribution in [3.05, 3.63) is 56.4 Å². The predicted octanol–water partition coefficient (Wildman–Crippen LogP) is 3.20. The number of aromatic amines is 1. The SMILES string of the molecule is CSc1ncc(Cl)c(C(=O)[C@H](C#N)c2nc3c(C)cc(C)cc3c(=O)[nH]2)n1. The highest BCUT2D eigenvalue weighted by atomic mass is 35.5. The highest BCUT2D eigenvalue weighted by Gasteiger charge is 2.28. The van der Waals surface area contributed by atoms with Crippen LogP contribution in [0.3, 0.4) is 0 Å². The first-order valence-corrected chi connectivity index (χ1v) is 9.47. The number of rotatable bonds is 4. The van der Waals surface area contributed by atoms with Crippen LogP contribution in [0.25, 0.3) is 10.9 Å². The number of carbonyl (C=O) groups excluding carboxylic acids is 1. The molecule has 0 bridgehead atoms. The monoisotopic (exact) mass is 399 g/mol. The molecule has 2 aromatic heterocycles. The molecule has 3 rings (SSSR count). The van der Waals surface area contributed by atoms with Crippen LogP contribution in [0.4, 0.5) is 0 Å². The fourth-order valence-corrected chi connectivity index (χ4v) is 3.28. The first-order chi connectivity index (χ1) is 12.8. The zero-order valence-electron chi connectivity index (χ0n) is 14.7. The van der Waals surface area contributed by atoms with Crippen molar-refractivity contribution in [3.63, 3.8) is 0 Å². The van der Waals surface area contributed by atoms with Crippen molar-refractivity contribution in [2.45, 2.75) is 24.9 Å². The number of nitrogens with one attached hydrogen (secondary N) is 1. The lowest BCUT2D eigenvalue weighted by Gasteiger charge is -2.11. The molecule has 0 unspecified atom stereocenters. The van der Waals surface area contributed by atoms with E-state index in [0.29, 0.717) is 16.1 Å². The molecule has 1 aromatic carbocycles.